The predicted molar refractivity (Wildman–Crippen MR) is 60.7 cm³/mol. The number of aryl methyl sites for hydroxylation is 1. The van der Waals surface area contributed by atoms with Crippen molar-refractivity contribution in [2.45, 2.75) is 25.7 Å². The van der Waals surface area contributed by atoms with Crippen molar-refractivity contribution in [3.63, 3.8) is 0 Å². The molecule has 1 atom stereocenters. The molecule has 0 radical (unpaired) electrons. The normalized spacial score (nSPS) is 20.0. The summed E-state index contributed by atoms with van der Waals surface area (Å²) in [6, 6.07) is 6.69. The first kappa shape index (κ1) is 9.53. The summed E-state index contributed by atoms with van der Waals surface area (Å²) in [5, 5.41) is 3.42. The number of hydrogen-bond donors (Lipinski definition) is 2. The fraction of sp³-hybridized carbons (Fsp3) is 0.500. The van der Waals surface area contributed by atoms with Crippen molar-refractivity contribution in [3.8, 4) is 0 Å². The van der Waals surface area contributed by atoms with Crippen LogP contribution in [-0.2, 0) is 6.42 Å². The maximum Gasteiger partial charge on any atom is 0.0376 e. The quantitative estimate of drug-likeness (QED) is 0.749. The van der Waals surface area contributed by atoms with Gasteiger partial charge in [-0.15, -0.1) is 0 Å². The van der Waals surface area contributed by atoms with Crippen molar-refractivity contribution in [2.24, 2.45) is 5.73 Å². The van der Waals surface area contributed by atoms with Gasteiger partial charge in [0, 0.05) is 12.2 Å². The molecule has 2 nitrogen and oxygen atoms in total. The van der Waals surface area contributed by atoms with Crippen LogP contribution in [0.1, 0.15) is 30.4 Å². The number of nitrogens with one attached hydrogen (secondary N) is 1. The van der Waals surface area contributed by atoms with Crippen molar-refractivity contribution in [1.82, 2.24) is 0 Å². The largest absolute Gasteiger partial charge is 0.385 e. The van der Waals surface area contributed by atoms with Gasteiger partial charge in [0.25, 0.3) is 0 Å². The molecule has 1 unspecified atom stereocenters. The number of rotatable bonds is 2. The molecule has 76 valence electrons. The first-order chi connectivity index (χ1) is 6.85. The molecule has 0 aromatic heterocycles. The van der Waals surface area contributed by atoms with Crippen molar-refractivity contribution in [2.75, 3.05) is 18.4 Å². The minimum atomic E-state index is 0.553. The Morgan fingerprint density at radius 3 is 3.07 bits per heavy atom. The van der Waals surface area contributed by atoms with Crippen LogP contribution in [0.15, 0.2) is 18.2 Å². The number of fused-ring (bicyclic) bond motifs is 1. The molecule has 1 aromatic rings. The molecule has 1 heterocycles. The van der Waals surface area contributed by atoms with Gasteiger partial charge in [0.1, 0.15) is 0 Å². The topological polar surface area (TPSA) is 38.0 Å². The highest BCUT2D eigenvalue weighted by molar-refractivity contribution is 5.56. The highest BCUT2D eigenvalue weighted by Crippen LogP contribution is 2.31. The number of anilines is 1. The summed E-state index contributed by atoms with van der Waals surface area (Å²) in [7, 11) is 0. The van der Waals surface area contributed by atoms with Gasteiger partial charge in [0.05, 0.1) is 0 Å². The highest BCUT2D eigenvalue weighted by atomic mass is 14.9. The van der Waals surface area contributed by atoms with Gasteiger partial charge in [-0.05, 0) is 42.5 Å². The van der Waals surface area contributed by atoms with E-state index in [1.807, 2.05) is 0 Å². The van der Waals surface area contributed by atoms with Crippen LogP contribution in [0.4, 0.5) is 5.69 Å². The van der Waals surface area contributed by atoms with E-state index in [0.29, 0.717) is 5.92 Å². The number of hydrogen-bond acceptors (Lipinski definition) is 2. The van der Waals surface area contributed by atoms with E-state index in [1.54, 1.807) is 0 Å². The molecular weight excluding hydrogens is 172 g/mol. The average molecular weight is 190 g/mol. The molecule has 0 aliphatic carbocycles. The smallest absolute Gasteiger partial charge is 0.0376 e. The summed E-state index contributed by atoms with van der Waals surface area (Å²) in [5.74, 6) is 0.553. The van der Waals surface area contributed by atoms with Gasteiger partial charge in [0.2, 0.25) is 0 Å². The molecule has 0 saturated carbocycles. The minimum absolute atomic E-state index is 0.553. The lowest BCUT2D eigenvalue weighted by Crippen LogP contribution is -2.22. The summed E-state index contributed by atoms with van der Waals surface area (Å²) in [4.78, 5) is 0. The zero-order chi connectivity index (χ0) is 9.97. The molecule has 0 saturated heterocycles. The predicted octanol–water partition coefficient (Wildman–Crippen LogP) is 2.11. The van der Waals surface area contributed by atoms with E-state index in [0.717, 1.165) is 25.9 Å². The molecule has 0 spiro atoms. The van der Waals surface area contributed by atoms with Gasteiger partial charge < -0.3 is 11.1 Å². The Bertz CT molecular complexity index is 320. The molecule has 2 rings (SSSR count). The molecule has 1 aromatic carbocycles. The minimum Gasteiger partial charge on any atom is -0.385 e. The SMILES string of the molecule is CCc1ccc2c(c1)C(CN)CCN2. The zero-order valence-corrected chi connectivity index (χ0v) is 8.72. The summed E-state index contributed by atoms with van der Waals surface area (Å²) >= 11 is 0. The Hall–Kier alpha value is -1.02. The van der Waals surface area contributed by atoms with E-state index in [4.69, 9.17) is 5.73 Å². The lowest BCUT2D eigenvalue weighted by molar-refractivity contribution is 0.636. The van der Waals surface area contributed by atoms with E-state index in [2.05, 4.69) is 30.4 Å². The van der Waals surface area contributed by atoms with Crippen LogP contribution in [0.2, 0.25) is 0 Å². The van der Waals surface area contributed by atoms with E-state index < -0.39 is 0 Å². The van der Waals surface area contributed by atoms with Crippen LogP contribution in [0.25, 0.3) is 0 Å². The molecule has 1 aliphatic rings. The standard InChI is InChI=1S/C12H18N2/c1-2-9-3-4-12-11(7-9)10(8-13)5-6-14-12/h3-4,7,10,14H,2,5-6,8,13H2,1H3. The third-order valence-corrected chi connectivity index (χ3v) is 3.06. The van der Waals surface area contributed by atoms with Crippen molar-refractivity contribution in [3.05, 3.63) is 29.3 Å². The van der Waals surface area contributed by atoms with E-state index in [-0.39, 0.29) is 0 Å². The Morgan fingerprint density at radius 1 is 1.50 bits per heavy atom. The Morgan fingerprint density at radius 2 is 2.36 bits per heavy atom. The third kappa shape index (κ3) is 1.62. The van der Waals surface area contributed by atoms with Gasteiger partial charge in [0.15, 0.2) is 0 Å². The molecule has 0 amide bonds. The first-order valence-corrected chi connectivity index (χ1v) is 5.42. The van der Waals surface area contributed by atoms with Crippen molar-refractivity contribution >= 4 is 5.69 Å². The summed E-state index contributed by atoms with van der Waals surface area (Å²) in [5.41, 5.74) is 9.89. The Labute approximate surface area is 85.5 Å². The second kappa shape index (κ2) is 4.01. The van der Waals surface area contributed by atoms with Crippen LogP contribution in [-0.4, -0.2) is 13.1 Å². The van der Waals surface area contributed by atoms with Gasteiger partial charge in [-0.25, -0.2) is 0 Å². The van der Waals surface area contributed by atoms with Crippen LogP contribution >= 0.6 is 0 Å². The lowest BCUT2D eigenvalue weighted by atomic mass is 9.89. The van der Waals surface area contributed by atoms with Gasteiger partial charge in [-0.3, -0.25) is 0 Å². The fourth-order valence-electron chi connectivity index (χ4n) is 2.11. The third-order valence-electron chi connectivity index (χ3n) is 3.06. The summed E-state index contributed by atoms with van der Waals surface area (Å²) in [6.45, 7) is 4.01. The van der Waals surface area contributed by atoms with Crippen LogP contribution in [0.3, 0.4) is 0 Å². The molecule has 1 aliphatic heterocycles. The molecule has 2 heteroatoms. The summed E-state index contributed by atoms with van der Waals surface area (Å²) in [6.07, 6.45) is 2.27. The van der Waals surface area contributed by atoms with Gasteiger partial charge in [-0.2, -0.15) is 0 Å². The molecule has 0 fully saturated rings. The Kier molecular flexibility index (Phi) is 2.73. The van der Waals surface area contributed by atoms with Crippen LogP contribution in [0, 0.1) is 0 Å². The Balaban J connectivity index is 2.38. The lowest BCUT2D eigenvalue weighted by Gasteiger charge is -2.26. The van der Waals surface area contributed by atoms with Gasteiger partial charge in [-0.1, -0.05) is 19.1 Å². The fourth-order valence-corrected chi connectivity index (χ4v) is 2.11. The second-order valence-electron chi connectivity index (χ2n) is 3.92. The van der Waals surface area contributed by atoms with E-state index in [9.17, 15) is 0 Å². The van der Waals surface area contributed by atoms with Crippen LogP contribution in [0.5, 0.6) is 0 Å². The maximum absolute atomic E-state index is 5.78. The molecule has 0 bridgehead atoms. The van der Waals surface area contributed by atoms with Gasteiger partial charge >= 0.3 is 0 Å². The zero-order valence-electron chi connectivity index (χ0n) is 8.72. The van der Waals surface area contributed by atoms with E-state index in [1.165, 1.54) is 16.8 Å². The maximum atomic E-state index is 5.78. The van der Waals surface area contributed by atoms with E-state index >= 15 is 0 Å². The molecule has 3 N–H and O–H groups in total. The second-order valence-corrected chi connectivity index (χ2v) is 3.92. The number of benzene rings is 1. The van der Waals surface area contributed by atoms with Crippen molar-refractivity contribution < 1.29 is 0 Å². The molecule has 14 heavy (non-hydrogen) atoms. The monoisotopic (exact) mass is 190 g/mol. The summed E-state index contributed by atoms with van der Waals surface area (Å²) < 4.78 is 0. The van der Waals surface area contributed by atoms with Crippen molar-refractivity contribution in [1.29, 1.82) is 0 Å². The van der Waals surface area contributed by atoms with Crippen LogP contribution < -0.4 is 11.1 Å². The highest BCUT2D eigenvalue weighted by Gasteiger charge is 2.18. The molecular formula is C12H18N2. The number of nitrogens with two attached hydrogens (primary N) is 1. The average Bonchev–Trinajstić information content (AvgIpc) is 2.27. The first-order valence-electron chi connectivity index (χ1n) is 5.42.